The molecule has 9 heteroatoms. The number of carboxylic acids is 1. The molecule has 9 nitrogen and oxygen atoms in total. The van der Waals surface area contributed by atoms with Gasteiger partial charge in [-0.3, -0.25) is 14.3 Å². The average Bonchev–Trinajstić information content (AvgIpc) is 3.06. The van der Waals surface area contributed by atoms with Crippen LogP contribution < -0.4 is 20.3 Å². The molecule has 2 heterocycles. The standard InChI is InChI=1S/C19H22N4O5/c1-22-10-14(12-8-21-23(2)18(12)19(22)26)11-5-15(27-3)13(16(6-11)28-4)7-20-9-17(24)25/h5-6,8,10,20H,7,9H2,1-4H3,(H,24,25). The molecule has 28 heavy (non-hydrogen) atoms. The van der Waals surface area contributed by atoms with Crippen molar-refractivity contribution in [3.05, 3.63) is 40.4 Å². The summed E-state index contributed by atoms with van der Waals surface area (Å²) in [6.07, 6.45) is 3.41. The monoisotopic (exact) mass is 386 g/mol. The number of carbonyl (C=O) groups is 1. The van der Waals surface area contributed by atoms with E-state index in [9.17, 15) is 9.59 Å². The third-order valence-electron chi connectivity index (χ3n) is 4.57. The van der Waals surface area contributed by atoms with Gasteiger partial charge in [0, 0.05) is 43.4 Å². The van der Waals surface area contributed by atoms with Gasteiger partial charge >= 0.3 is 5.97 Å². The van der Waals surface area contributed by atoms with E-state index in [-0.39, 0.29) is 18.6 Å². The van der Waals surface area contributed by atoms with Crippen molar-refractivity contribution in [1.29, 1.82) is 0 Å². The molecule has 148 valence electrons. The second-order valence-corrected chi connectivity index (χ2v) is 6.35. The van der Waals surface area contributed by atoms with E-state index in [0.717, 1.165) is 16.5 Å². The summed E-state index contributed by atoms with van der Waals surface area (Å²) >= 11 is 0. The van der Waals surface area contributed by atoms with Gasteiger partial charge in [-0.15, -0.1) is 0 Å². The molecule has 3 aromatic rings. The van der Waals surface area contributed by atoms with Gasteiger partial charge in [0.2, 0.25) is 0 Å². The van der Waals surface area contributed by atoms with Crippen LogP contribution in [0.4, 0.5) is 0 Å². The topological polar surface area (TPSA) is 108 Å². The number of hydrogen-bond acceptors (Lipinski definition) is 6. The van der Waals surface area contributed by atoms with E-state index in [4.69, 9.17) is 14.6 Å². The molecular formula is C19H22N4O5. The van der Waals surface area contributed by atoms with E-state index in [0.29, 0.717) is 22.6 Å². The van der Waals surface area contributed by atoms with Gasteiger partial charge in [-0.2, -0.15) is 5.10 Å². The van der Waals surface area contributed by atoms with Gasteiger partial charge in [0.05, 0.1) is 27.0 Å². The Labute approximate surface area is 161 Å². The van der Waals surface area contributed by atoms with Crippen molar-refractivity contribution in [3.8, 4) is 22.6 Å². The molecule has 0 aliphatic rings. The Hall–Kier alpha value is -3.33. The minimum absolute atomic E-state index is 0.132. The normalized spacial score (nSPS) is 11.0. The van der Waals surface area contributed by atoms with Crippen LogP contribution in [-0.4, -0.2) is 46.2 Å². The van der Waals surface area contributed by atoms with Gasteiger partial charge in [0.15, 0.2) is 0 Å². The number of carboxylic acid groups (broad SMARTS) is 1. The number of rotatable bonds is 7. The third kappa shape index (κ3) is 3.44. The minimum atomic E-state index is -0.946. The molecule has 2 aromatic heterocycles. The number of methoxy groups -OCH3 is 2. The summed E-state index contributed by atoms with van der Waals surface area (Å²) in [7, 11) is 6.50. The van der Waals surface area contributed by atoms with E-state index in [1.54, 1.807) is 45.4 Å². The van der Waals surface area contributed by atoms with Crippen molar-refractivity contribution in [3.63, 3.8) is 0 Å². The lowest BCUT2D eigenvalue weighted by atomic mass is 10.0. The number of hydrogen-bond donors (Lipinski definition) is 2. The van der Waals surface area contributed by atoms with Crippen molar-refractivity contribution in [2.24, 2.45) is 14.1 Å². The maximum Gasteiger partial charge on any atom is 0.317 e. The highest BCUT2D eigenvalue weighted by Crippen LogP contribution is 2.37. The maximum atomic E-state index is 12.5. The zero-order valence-electron chi connectivity index (χ0n) is 16.1. The van der Waals surface area contributed by atoms with E-state index >= 15 is 0 Å². The Morgan fingerprint density at radius 2 is 1.86 bits per heavy atom. The van der Waals surface area contributed by atoms with Crippen LogP contribution >= 0.6 is 0 Å². The Balaban J connectivity index is 2.16. The number of ether oxygens (including phenoxy) is 2. The number of aliphatic carboxylic acids is 1. The van der Waals surface area contributed by atoms with Gasteiger partial charge in [0.25, 0.3) is 5.56 Å². The van der Waals surface area contributed by atoms with Crippen LogP contribution in [0.15, 0.2) is 29.3 Å². The molecule has 0 aliphatic heterocycles. The van der Waals surface area contributed by atoms with Gasteiger partial charge in [-0.25, -0.2) is 0 Å². The molecule has 0 spiro atoms. The summed E-state index contributed by atoms with van der Waals surface area (Å²) in [6.45, 7) is 0.0969. The predicted octanol–water partition coefficient (Wildman–Crippen LogP) is 1.13. The summed E-state index contributed by atoms with van der Waals surface area (Å²) in [4.78, 5) is 23.2. The van der Waals surface area contributed by atoms with E-state index < -0.39 is 5.97 Å². The summed E-state index contributed by atoms with van der Waals surface area (Å²) < 4.78 is 14.1. The molecule has 0 saturated carbocycles. The van der Waals surface area contributed by atoms with Gasteiger partial charge in [-0.1, -0.05) is 0 Å². The first-order valence-corrected chi connectivity index (χ1v) is 8.56. The number of pyridine rings is 1. The van der Waals surface area contributed by atoms with E-state index in [2.05, 4.69) is 10.4 Å². The number of benzene rings is 1. The number of fused-ring (bicyclic) bond motifs is 1. The molecule has 1 aromatic carbocycles. The lowest BCUT2D eigenvalue weighted by Crippen LogP contribution is -2.22. The van der Waals surface area contributed by atoms with Crippen molar-refractivity contribution in [2.75, 3.05) is 20.8 Å². The van der Waals surface area contributed by atoms with Crippen molar-refractivity contribution in [1.82, 2.24) is 19.7 Å². The Morgan fingerprint density at radius 3 is 2.43 bits per heavy atom. The van der Waals surface area contributed by atoms with Crippen LogP contribution in [0.3, 0.4) is 0 Å². The zero-order chi connectivity index (χ0) is 20.4. The summed E-state index contributed by atoms with van der Waals surface area (Å²) in [5.74, 6) is 0.162. The Bertz CT molecular complexity index is 1070. The molecule has 0 fully saturated rings. The highest BCUT2D eigenvalue weighted by molar-refractivity contribution is 5.94. The molecule has 0 radical (unpaired) electrons. The largest absolute Gasteiger partial charge is 0.496 e. The van der Waals surface area contributed by atoms with Crippen LogP contribution in [0.5, 0.6) is 11.5 Å². The van der Waals surface area contributed by atoms with Crippen LogP contribution in [0.2, 0.25) is 0 Å². The Kier molecular flexibility index (Phi) is 5.36. The van der Waals surface area contributed by atoms with Crippen molar-refractivity contribution >= 4 is 16.9 Å². The van der Waals surface area contributed by atoms with Crippen molar-refractivity contribution in [2.45, 2.75) is 6.54 Å². The predicted molar refractivity (Wildman–Crippen MR) is 104 cm³/mol. The molecule has 0 unspecified atom stereocenters. The molecule has 0 saturated heterocycles. The lowest BCUT2D eigenvalue weighted by molar-refractivity contribution is -0.136. The molecule has 0 amide bonds. The average molecular weight is 386 g/mol. The molecule has 0 atom stereocenters. The number of nitrogens with zero attached hydrogens (tertiary/aromatic N) is 3. The van der Waals surface area contributed by atoms with E-state index in [1.807, 2.05) is 12.1 Å². The number of aromatic nitrogens is 3. The fourth-order valence-corrected chi connectivity index (χ4v) is 3.22. The van der Waals surface area contributed by atoms with Gasteiger partial charge in [-0.05, 0) is 17.7 Å². The fraction of sp³-hybridized carbons (Fsp3) is 0.316. The molecule has 0 aliphatic carbocycles. The van der Waals surface area contributed by atoms with Crippen LogP contribution in [0.25, 0.3) is 22.0 Å². The second-order valence-electron chi connectivity index (χ2n) is 6.35. The fourth-order valence-electron chi connectivity index (χ4n) is 3.22. The number of aryl methyl sites for hydroxylation is 2. The first-order valence-electron chi connectivity index (χ1n) is 8.56. The summed E-state index contributed by atoms with van der Waals surface area (Å²) in [5, 5.41) is 16.6. The second kappa shape index (κ2) is 7.73. The van der Waals surface area contributed by atoms with Crippen LogP contribution in [0.1, 0.15) is 5.56 Å². The highest BCUT2D eigenvalue weighted by atomic mass is 16.5. The third-order valence-corrected chi connectivity index (χ3v) is 4.57. The SMILES string of the molecule is COc1cc(-c2cn(C)c(=O)c3c2cnn3C)cc(OC)c1CNCC(=O)O. The molecule has 2 N–H and O–H groups in total. The highest BCUT2D eigenvalue weighted by Gasteiger charge is 2.18. The van der Waals surface area contributed by atoms with Crippen LogP contribution in [-0.2, 0) is 25.4 Å². The van der Waals surface area contributed by atoms with E-state index in [1.165, 1.54) is 4.57 Å². The van der Waals surface area contributed by atoms with Crippen LogP contribution in [0, 0.1) is 0 Å². The lowest BCUT2D eigenvalue weighted by Gasteiger charge is -2.16. The molecule has 3 rings (SSSR count). The molecular weight excluding hydrogens is 364 g/mol. The minimum Gasteiger partial charge on any atom is -0.496 e. The summed E-state index contributed by atoms with van der Waals surface area (Å²) in [5.41, 5.74) is 2.69. The first-order chi connectivity index (χ1) is 13.4. The number of nitrogens with one attached hydrogen (secondary N) is 1. The smallest absolute Gasteiger partial charge is 0.317 e. The van der Waals surface area contributed by atoms with Gasteiger partial charge in [0.1, 0.15) is 17.0 Å². The van der Waals surface area contributed by atoms with Gasteiger partial charge < -0.3 is 24.5 Å². The van der Waals surface area contributed by atoms with Crippen molar-refractivity contribution < 1.29 is 19.4 Å². The Morgan fingerprint density at radius 1 is 1.21 bits per heavy atom. The zero-order valence-corrected chi connectivity index (χ0v) is 16.1. The quantitative estimate of drug-likeness (QED) is 0.627. The maximum absolute atomic E-state index is 12.5. The summed E-state index contributed by atoms with van der Waals surface area (Å²) in [6, 6.07) is 3.68. The first kappa shape index (κ1) is 19.4. The molecule has 0 bridgehead atoms.